The molecule has 21 heavy (non-hydrogen) atoms. The lowest BCUT2D eigenvalue weighted by molar-refractivity contribution is -0.122. The van der Waals surface area contributed by atoms with Crippen molar-refractivity contribution in [3.05, 3.63) is 35.4 Å². The van der Waals surface area contributed by atoms with Crippen LogP contribution in [0.2, 0.25) is 0 Å². The summed E-state index contributed by atoms with van der Waals surface area (Å²) in [5.74, 6) is -0.299. The molecule has 0 aliphatic rings. The molecule has 0 bridgehead atoms. The van der Waals surface area contributed by atoms with Gasteiger partial charge < -0.3 is 16.4 Å². The van der Waals surface area contributed by atoms with Crippen molar-refractivity contribution in [1.82, 2.24) is 10.6 Å². The summed E-state index contributed by atoms with van der Waals surface area (Å²) in [5.41, 5.74) is 7.48. The molecule has 0 unspecified atom stereocenters. The van der Waals surface area contributed by atoms with Crippen LogP contribution in [0.3, 0.4) is 0 Å². The second kappa shape index (κ2) is 9.13. The SMILES string of the molecule is CCCC[C@H](N)C(=O)NCCNC(=O)c1ccc(C)cc1. The third kappa shape index (κ3) is 6.40. The van der Waals surface area contributed by atoms with E-state index in [1.165, 1.54) is 0 Å². The van der Waals surface area contributed by atoms with Gasteiger partial charge in [0.2, 0.25) is 5.91 Å². The van der Waals surface area contributed by atoms with Gasteiger partial charge in [-0.2, -0.15) is 0 Å². The van der Waals surface area contributed by atoms with Crippen LogP contribution in [-0.2, 0) is 4.79 Å². The molecule has 1 atom stereocenters. The summed E-state index contributed by atoms with van der Waals surface area (Å²) in [7, 11) is 0. The van der Waals surface area contributed by atoms with E-state index < -0.39 is 6.04 Å². The van der Waals surface area contributed by atoms with E-state index in [9.17, 15) is 9.59 Å². The number of carbonyl (C=O) groups excluding carboxylic acids is 2. The van der Waals surface area contributed by atoms with Gasteiger partial charge in [0.25, 0.3) is 5.91 Å². The van der Waals surface area contributed by atoms with Gasteiger partial charge in [0.1, 0.15) is 0 Å². The van der Waals surface area contributed by atoms with Crippen molar-refractivity contribution in [3.63, 3.8) is 0 Å². The molecule has 5 nitrogen and oxygen atoms in total. The van der Waals surface area contributed by atoms with Gasteiger partial charge in [-0.05, 0) is 25.5 Å². The topological polar surface area (TPSA) is 84.2 Å². The van der Waals surface area contributed by atoms with E-state index in [0.717, 1.165) is 18.4 Å². The smallest absolute Gasteiger partial charge is 0.251 e. The lowest BCUT2D eigenvalue weighted by atomic mass is 10.1. The minimum Gasteiger partial charge on any atom is -0.353 e. The van der Waals surface area contributed by atoms with E-state index in [2.05, 4.69) is 17.6 Å². The van der Waals surface area contributed by atoms with Crippen molar-refractivity contribution in [2.75, 3.05) is 13.1 Å². The maximum atomic E-state index is 11.8. The van der Waals surface area contributed by atoms with E-state index in [0.29, 0.717) is 25.1 Å². The third-order valence-corrected chi connectivity index (χ3v) is 3.23. The first kappa shape index (κ1) is 17.2. The molecule has 0 radical (unpaired) electrons. The molecule has 4 N–H and O–H groups in total. The molecule has 0 aliphatic heterocycles. The Hall–Kier alpha value is -1.88. The quantitative estimate of drug-likeness (QED) is 0.632. The van der Waals surface area contributed by atoms with Crippen LogP contribution in [0.1, 0.15) is 42.1 Å². The molecular formula is C16H25N3O2. The largest absolute Gasteiger partial charge is 0.353 e. The van der Waals surface area contributed by atoms with Crippen LogP contribution >= 0.6 is 0 Å². The van der Waals surface area contributed by atoms with Crippen molar-refractivity contribution in [2.24, 2.45) is 5.73 Å². The molecule has 0 aliphatic carbocycles. The Bertz CT molecular complexity index is 457. The molecule has 0 fully saturated rings. The van der Waals surface area contributed by atoms with Crippen molar-refractivity contribution in [3.8, 4) is 0 Å². The van der Waals surface area contributed by atoms with Crippen molar-refractivity contribution < 1.29 is 9.59 Å². The monoisotopic (exact) mass is 291 g/mol. The van der Waals surface area contributed by atoms with Gasteiger partial charge in [-0.1, -0.05) is 37.5 Å². The minimum absolute atomic E-state index is 0.139. The Morgan fingerprint density at radius 3 is 2.38 bits per heavy atom. The van der Waals surface area contributed by atoms with Gasteiger partial charge in [-0.3, -0.25) is 9.59 Å². The predicted molar refractivity (Wildman–Crippen MR) is 84.0 cm³/mol. The number of rotatable bonds is 8. The maximum Gasteiger partial charge on any atom is 0.251 e. The summed E-state index contributed by atoms with van der Waals surface area (Å²) in [5, 5.41) is 5.49. The van der Waals surface area contributed by atoms with Gasteiger partial charge in [-0.25, -0.2) is 0 Å². The molecule has 0 saturated carbocycles. The Kier molecular flexibility index (Phi) is 7.46. The molecule has 5 heteroatoms. The van der Waals surface area contributed by atoms with Gasteiger partial charge in [0.05, 0.1) is 6.04 Å². The normalized spacial score (nSPS) is 11.8. The number of unbranched alkanes of at least 4 members (excludes halogenated alkanes) is 1. The number of carbonyl (C=O) groups is 2. The van der Waals surface area contributed by atoms with Crippen LogP contribution in [0.4, 0.5) is 0 Å². The summed E-state index contributed by atoms with van der Waals surface area (Å²) in [6.45, 7) is 4.80. The summed E-state index contributed by atoms with van der Waals surface area (Å²) in [4.78, 5) is 23.5. The van der Waals surface area contributed by atoms with Crippen LogP contribution in [0.5, 0.6) is 0 Å². The molecule has 0 spiro atoms. The maximum absolute atomic E-state index is 11.8. The molecule has 1 aromatic carbocycles. The fourth-order valence-corrected chi connectivity index (χ4v) is 1.85. The molecule has 2 amide bonds. The summed E-state index contributed by atoms with van der Waals surface area (Å²) in [6, 6.07) is 6.89. The average Bonchev–Trinajstić information content (AvgIpc) is 2.49. The average molecular weight is 291 g/mol. The Morgan fingerprint density at radius 2 is 1.76 bits per heavy atom. The number of amides is 2. The molecule has 1 aromatic rings. The molecule has 0 aromatic heterocycles. The lowest BCUT2D eigenvalue weighted by Crippen LogP contribution is -2.43. The Morgan fingerprint density at radius 1 is 1.14 bits per heavy atom. The van der Waals surface area contributed by atoms with Gasteiger partial charge >= 0.3 is 0 Å². The zero-order valence-electron chi connectivity index (χ0n) is 12.8. The highest BCUT2D eigenvalue weighted by Gasteiger charge is 2.11. The van der Waals surface area contributed by atoms with Crippen LogP contribution in [0.25, 0.3) is 0 Å². The second-order valence-corrected chi connectivity index (χ2v) is 5.16. The minimum atomic E-state index is -0.460. The highest BCUT2D eigenvalue weighted by atomic mass is 16.2. The molecule has 1 rings (SSSR count). The van der Waals surface area contributed by atoms with Gasteiger partial charge in [-0.15, -0.1) is 0 Å². The van der Waals surface area contributed by atoms with Crippen LogP contribution in [-0.4, -0.2) is 30.9 Å². The Balaban J connectivity index is 2.23. The summed E-state index contributed by atoms with van der Waals surface area (Å²) < 4.78 is 0. The fourth-order valence-electron chi connectivity index (χ4n) is 1.85. The fraction of sp³-hybridized carbons (Fsp3) is 0.500. The molecule has 0 saturated heterocycles. The summed E-state index contributed by atoms with van der Waals surface area (Å²) in [6.07, 6.45) is 2.66. The van der Waals surface area contributed by atoms with E-state index in [-0.39, 0.29) is 11.8 Å². The van der Waals surface area contributed by atoms with Crippen LogP contribution < -0.4 is 16.4 Å². The number of benzene rings is 1. The number of hydrogen-bond acceptors (Lipinski definition) is 3. The third-order valence-electron chi connectivity index (χ3n) is 3.23. The van der Waals surface area contributed by atoms with E-state index in [1.807, 2.05) is 19.1 Å². The van der Waals surface area contributed by atoms with Crippen molar-refractivity contribution in [1.29, 1.82) is 0 Å². The highest BCUT2D eigenvalue weighted by molar-refractivity contribution is 5.94. The van der Waals surface area contributed by atoms with Gasteiger partial charge in [0.15, 0.2) is 0 Å². The summed E-state index contributed by atoms with van der Waals surface area (Å²) >= 11 is 0. The van der Waals surface area contributed by atoms with Crippen molar-refractivity contribution in [2.45, 2.75) is 39.2 Å². The standard InChI is InChI=1S/C16H25N3O2/c1-3-4-5-14(17)16(21)19-11-10-18-15(20)13-8-6-12(2)7-9-13/h6-9,14H,3-5,10-11,17H2,1-2H3,(H,18,20)(H,19,21)/t14-/m0/s1. The first-order chi connectivity index (χ1) is 10.0. The van der Waals surface area contributed by atoms with E-state index in [1.54, 1.807) is 12.1 Å². The van der Waals surface area contributed by atoms with Crippen LogP contribution in [0, 0.1) is 6.92 Å². The van der Waals surface area contributed by atoms with Gasteiger partial charge in [0, 0.05) is 18.7 Å². The number of nitrogens with one attached hydrogen (secondary N) is 2. The van der Waals surface area contributed by atoms with E-state index >= 15 is 0 Å². The highest BCUT2D eigenvalue weighted by Crippen LogP contribution is 2.02. The number of nitrogens with two attached hydrogens (primary N) is 1. The zero-order chi connectivity index (χ0) is 15.7. The zero-order valence-corrected chi connectivity index (χ0v) is 12.8. The van der Waals surface area contributed by atoms with Crippen LogP contribution in [0.15, 0.2) is 24.3 Å². The van der Waals surface area contributed by atoms with E-state index in [4.69, 9.17) is 5.73 Å². The lowest BCUT2D eigenvalue weighted by Gasteiger charge is -2.12. The van der Waals surface area contributed by atoms with Crippen molar-refractivity contribution >= 4 is 11.8 Å². The molecule has 0 heterocycles. The first-order valence-electron chi connectivity index (χ1n) is 7.42. The Labute approximate surface area is 126 Å². The first-order valence-corrected chi connectivity index (χ1v) is 7.42. The number of hydrogen-bond donors (Lipinski definition) is 3. The second-order valence-electron chi connectivity index (χ2n) is 5.16. The molecular weight excluding hydrogens is 266 g/mol. The predicted octanol–water partition coefficient (Wildman–Crippen LogP) is 1.36. The molecule has 116 valence electrons. The number of aryl methyl sites for hydroxylation is 1.